The lowest BCUT2D eigenvalue weighted by Crippen LogP contribution is -2.23. The fourth-order valence-corrected chi connectivity index (χ4v) is 3.38. The number of hydrogen-bond acceptors (Lipinski definition) is 3. The molecule has 3 aromatic rings. The standard InChI is InChI=1S/C24H22F2N4O3/c25-18-10-16(7-8-21(31)32)22(20(26)12-18)15-4-1-3-14(9-15)13-29-23(33)17-5-2-6-19(11-17)30-24(27)28/h1-6,9-12H,7-8,13H2,(H,29,33)(H,31,32)(H4,27,28,30). The normalized spacial score (nSPS) is 10.5. The van der Waals surface area contributed by atoms with Gasteiger partial charge in [-0.15, -0.1) is 0 Å². The van der Waals surface area contributed by atoms with Crippen molar-refractivity contribution < 1.29 is 23.5 Å². The first-order chi connectivity index (χ1) is 15.7. The quantitative estimate of drug-likeness (QED) is 0.307. The molecule has 170 valence electrons. The Hall–Kier alpha value is -4.27. The predicted molar refractivity (Wildman–Crippen MR) is 121 cm³/mol. The first kappa shape index (κ1) is 23.4. The monoisotopic (exact) mass is 452 g/mol. The van der Waals surface area contributed by atoms with Crippen molar-refractivity contribution in [2.75, 3.05) is 0 Å². The second-order valence-corrected chi connectivity index (χ2v) is 7.29. The van der Waals surface area contributed by atoms with Crippen LogP contribution in [0, 0.1) is 11.6 Å². The lowest BCUT2D eigenvalue weighted by Gasteiger charge is -2.13. The van der Waals surface area contributed by atoms with Crippen molar-refractivity contribution in [3.05, 3.63) is 89.0 Å². The van der Waals surface area contributed by atoms with E-state index >= 15 is 0 Å². The minimum absolute atomic E-state index is 0.0214. The molecule has 0 aliphatic heterocycles. The van der Waals surface area contributed by atoms with Crippen LogP contribution in [0.1, 0.15) is 27.9 Å². The van der Waals surface area contributed by atoms with Gasteiger partial charge in [0.1, 0.15) is 11.6 Å². The molecule has 0 saturated heterocycles. The molecule has 7 nitrogen and oxygen atoms in total. The summed E-state index contributed by atoms with van der Waals surface area (Å²) in [6.45, 7) is 0.145. The molecule has 3 aromatic carbocycles. The van der Waals surface area contributed by atoms with Gasteiger partial charge in [0.25, 0.3) is 5.91 Å². The number of nitrogens with two attached hydrogens (primary N) is 2. The fourth-order valence-electron chi connectivity index (χ4n) is 3.38. The topological polar surface area (TPSA) is 131 Å². The maximum atomic E-state index is 14.6. The number of carboxylic acid groups (broad SMARTS) is 1. The van der Waals surface area contributed by atoms with Gasteiger partial charge < -0.3 is 21.9 Å². The van der Waals surface area contributed by atoms with Crippen LogP contribution in [0.15, 0.2) is 65.7 Å². The third-order valence-electron chi connectivity index (χ3n) is 4.78. The molecule has 3 rings (SSSR count). The number of rotatable bonds is 8. The third-order valence-corrected chi connectivity index (χ3v) is 4.78. The van der Waals surface area contributed by atoms with E-state index in [1.165, 1.54) is 6.07 Å². The van der Waals surface area contributed by atoms with Gasteiger partial charge in [0, 0.05) is 30.2 Å². The van der Waals surface area contributed by atoms with E-state index in [0.717, 1.165) is 12.1 Å². The smallest absolute Gasteiger partial charge is 0.303 e. The van der Waals surface area contributed by atoms with Gasteiger partial charge in [0.05, 0.1) is 5.69 Å². The number of nitrogens with zero attached hydrogens (tertiary/aromatic N) is 1. The third kappa shape index (κ3) is 6.36. The highest BCUT2D eigenvalue weighted by atomic mass is 19.1. The molecule has 0 atom stereocenters. The van der Waals surface area contributed by atoms with Gasteiger partial charge in [-0.3, -0.25) is 9.59 Å². The Morgan fingerprint density at radius 2 is 1.76 bits per heavy atom. The summed E-state index contributed by atoms with van der Waals surface area (Å²) < 4.78 is 28.4. The van der Waals surface area contributed by atoms with E-state index in [1.54, 1.807) is 42.5 Å². The molecule has 0 unspecified atom stereocenters. The molecule has 0 radical (unpaired) electrons. The molecule has 0 spiro atoms. The first-order valence-electron chi connectivity index (χ1n) is 10.00. The summed E-state index contributed by atoms with van der Waals surface area (Å²) in [5, 5.41) is 11.7. The van der Waals surface area contributed by atoms with Crippen molar-refractivity contribution in [1.82, 2.24) is 5.32 Å². The summed E-state index contributed by atoms with van der Waals surface area (Å²) in [6.07, 6.45) is -0.281. The molecule has 0 heterocycles. The molecule has 0 bridgehead atoms. The van der Waals surface area contributed by atoms with Crippen LogP contribution >= 0.6 is 0 Å². The maximum absolute atomic E-state index is 14.6. The summed E-state index contributed by atoms with van der Waals surface area (Å²) in [5.74, 6) is -3.11. The number of hydrogen-bond donors (Lipinski definition) is 4. The van der Waals surface area contributed by atoms with Gasteiger partial charge in [0.15, 0.2) is 5.96 Å². The number of benzene rings is 3. The van der Waals surface area contributed by atoms with E-state index in [0.29, 0.717) is 22.4 Å². The van der Waals surface area contributed by atoms with Gasteiger partial charge in [-0.05, 0) is 53.4 Å². The molecule has 6 N–H and O–H groups in total. The molecular weight excluding hydrogens is 430 g/mol. The number of carbonyl (C=O) groups is 2. The summed E-state index contributed by atoms with van der Waals surface area (Å²) in [5.41, 5.74) is 13.0. The minimum Gasteiger partial charge on any atom is -0.481 e. The highest BCUT2D eigenvalue weighted by Crippen LogP contribution is 2.30. The van der Waals surface area contributed by atoms with E-state index in [2.05, 4.69) is 10.3 Å². The SMILES string of the molecule is NC(N)=Nc1cccc(C(=O)NCc2cccc(-c3c(F)cc(F)cc3CCC(=O)O)c2)c1. The zero-order valence-electron chi connectivity index (χ0n) is 17.5. The zero-order valence-corrected chi connectivity index (χ0v) is 17.5. The summed E-state index contributed by atoms with van der Waals surface area (Å²) >= 11 is 0. The predicted octanol–water partition coefficient (Wildman–Crippen LogP) is 3.48. The number of halogens is 2. The Balaban J connectivity index is 1.80. The fraction of sp³-hybridized carbons (Fsp3) is 0.125. The Morgan fingerprint density at radius 1 is 1.00 bits per heavy atom. The Morgan fingerprint density at radius 3 is 2.48 bits per heavy atom. The number of aliphatic imine (C=N–C) groups is 1. The van der Waals surface area contributed by atoms with Gasteiger partial charge in [-0.2, -0.15) is 0 Å². The van der Waals surface area contributed by atoms with Crippen LogP contribution in [-0.2, 0) is 17.8 Å². The minimum atomic E-state index is -1.06. The van der Waals surface area contributed by atoms with Crippen LogP contribution in [0.2, 0.25) is 0 Å². The molecule has 0 aromatic heterocycles. The van der Waals surface area contributed by atoms with Crippen LogP contribution in [-0.4, -0.2) is 22.9 Å². The number of carboxylic acids is 1. The van der Waals surface area contributed by atoms with Crippen LogP contribution in [0.5, 0.6) is 0 Å². The average molecular weight is 452 g/mol. The Bertz CT molecular complexity index is 1220. The van der Waals surface area contributed by atoms with Crippen molar-refractivity contribution in [1.29, 1.82) is 0 Å². The Labute approximate surface area is 188 Å². The molecule has 33 heavy (non-hydrogen) atoms. The molecule has 0 fully saturated rings. The van der Waals surface area contributed by atoms with Crippen LogP contribution in [0.3, 0.4) is 0 Å². The molecule has 0 aliphatic carbocycles. The van der Waals surface area contributed by atoms with Crippen molar-refractivity contribution in [3.8, 4) is 11.1 Å². The van der Waals surface area contributed by atoms with Crippen LogP contribution in [0.4, 0.5) is 14.5 Å². The zero-order chi connectivity index (χ0) is 24.0. The van der Waals surface area contributed by atoms with E-state index in [-0.39, 0.29) is 42.4 Å². The molecular formula is C24H22F2N4O3. The molecule has 1 amide bonds. The van der Waals surface area contributed by atoms with E-state index in [9.17, 15) is 18.4 Å². The summed E-state index contributed by atoms with van der Waals surface area (Å²) in [6, 6.07) is 15.1. The highest BCUT2D eigenvalue weighted by Gasteiger charge is 2.15. The Kier molecular flexibility index (Phi) is 7.34. The van der Waals surface area contributed by atoms with Gasteiger partial charge in [0.2, 0.25) is 0 Å². The van der Waals surface area contributed by atoms with Crippen molar-refractivity contribution >= 4 is 23.5 Å². The van der Waals surface area contributed by atoms with Crippen LogP contribution < -0.4 is 16.8 Å². The number of carbonyl (C=O) groups excluding carboxylic acids is 1. The maximum Gasteiger partial charge on any atom is 0.303 e. The van der Waals surface area contributed by atoms with Crippen molar-refractivity contribution in [2.45, 2.75) is 19.4 Å². The number of nitrogens with one attached hydrogen (secondary N) is 1. The van der Waals surface area contributed by atoms with Crippen molar-refractivity contribution in [3.63, 3.8) is 0 Å². The van der Waals surface area contributed by atoms with E-state index in [1.807, 2.05) is 0 Å². The first-order valence-corrected chi connectivity index (χ1v) is 10.00. The van der Waals surface area contributed by atoms with Gasteiger partial charge in [-0.25, -0.2) is 13.8 Å². The second kappa shape index (κ2) is 10.4. The largest absolute Gasteiger partial charge is 0.481 e. The van der Waals surface area contributed by atoms with Gasteiger partial charge >= 0.3 is 5.97 Å². The number of guanidine groups is 1. The second-order valence-electron chi connectivity index (χ2n) is 7.29. The molecule has 0 saturated carbocycles. The van der Waals surface area contributed by atoms with Crippen molar-refractivity contribution in [2.24, 2.45) is 16.5 Å². The molecule has 9 heteroatoms. The lowest BCUT2D eigenvalue weighted by atomic mass is 9.94. The summed E-state index contributed by atoms with van der Waals surface area (Å²) in [7, 11) is 0. The number of amides is 1. The molecule has 0 aliphatic rings. The number of aryl methyl sites for hydroxylation is 1. The summed E-state index contributed by atoms with van der Waals surface area (Å²) in [4.78, 5) is 27.4. The number of aliphatic carboxylic acids is 1. The highest BCUT2D eigenvalue weighted by molar-refractivity contribution is 5.95. The van der Waals surface area contributed by atoms with Gasteiger partial charge in [-0.1, -0.05) is 24.3 Å². The lowest BCUT2D eigenvalue weighted by molar-refractivity contribution is -0.136. The average Bonchev–Trinajstić information content (AvgIpc) is 2.75. The van der Waals surface area contributed by atoms with E-state index < -0.39 is 17.6 Å². The van der Waals surface area contributed by atoms with Crippen LogP contribution in [0.25, 0.3) is 11.1 Å². The van der Waals surface area contributed by atoms with E-state index in [4.69, 9.17) is 16.6 Å².